The third-order valence-electron chi connectivity index (χ3n) is 4.44. The first kappa shape index (κ1) is 18.2. The molecule has 2 amide bonds. The molecule has 0 radical (unpaired) electrons. The third-order valence-corrected chi connectivity index (χ3v) is 4.44. The molecule has 144 valence electrons. The number of benzene rings is 2. The second-order valence-corrected chi connectivity index (χ2v) is 6.53. The molecular weight excluding hydrogens is 370 g/mol. The van der Waals surface area contributed by atoms with Crippen molar-refractivity contribution in [3.63, 3.8) is 0 Å². The number of nitrogens with zero attached hydrogens (tertiary/aromatic N) is 5. The Hall–Kier alpha value is -4.14. The number of pyridine rings is 1. The van der Waals surface area contributed by atoms with Gasteiger partial charge in [0, 0.05) is 10.9 Å². The fourth-order valence-electron chi connectivity index (χ4n) is 2.92. The van der Waals surface area contributed by atoms with Gasteiger partial charge in [0.2, 0.25) is 0 Å². The Labute approximate surface area is 165 Å². The van der Waals surface area contributed by atoms with Crippen molar-refractivity contribution >= 4 is 22.7 Å². The topological polar surface area (TPSA) is 115 Å². The van der Waals surface area contributed by atoms with Gasteiger partial charge in [-0.1, -0.05) is 11.6 Å². The quantitative estimate of drug-likeness (QED) is 0.519. The molecule has 0 atom stereocenters. The zero-order valence-corrected chi connectivity index (χ0v) is 15.7. The van der Waals surface area contributed by atoms with Gasteiger partial charge in [0.05, 0.1) is 22.5 Å². The van der Waals surface area contributed by atoms with Gasteiger partial charge in [-0.05, 0) is 66.7 Å². The third kappa shape index (κ3) is 3.79. The van der Waals surface area contributed by atoms with Crippen molar-refractivity contribution < 1.29 is 9.59 Å². The number of hydrazine groups is 1. The van der Waals surface area contributed by atoms with E-state index in [2.05, 4.69) is 31.4 Å². The van der Waals surface area contributed by atoms with E-state index in [9.17, 15) is 9.59 Å². The summed E-state index contributed by atoms with van der Waals surface area (Å²) in [5, 5.41) is 11.8. The van der Waals surface area contributed by atoms with Crippen LogP contribution in [0.4, 0.5) is 0 Å². The number of tetrazole rings is 1. The molecule has 4 aromatic rings. The molecule has 0 saturated carbocycles. The fraction of sp³-hybridized carbons (Fsp3) is 0.100. The molecule has 0 fully saturated rings. The van der Waals surface area contributed by atoms with Gasteiger partial charge in [-0.3, -0.25) is 25.4 Å². The summed E-state index contributed by atoms with van der Waals surface area (Å²) in [4.78, 5) is 29.3. The molecule has 2 N–H and O–H groups in total. The van der Waals surface area contributed by atoms with E-state index in [-0.39, 0.29) is 0 Å². The highest BCUT2D eigenvalue weighted by atomic mass is 16.2. The molecule has 0 aliphatic rings. The van der Waals surface area contributed by atoms with E-state index in [1.807, 2.05) is 25.1 Å². The number of hydrogen-bond acceptors (Lipinski definition) is 6. The van der Waals surface area contributed by atoms with Crippen LogP contribution in [0.3, 0.4) is 0 Å². The number of rotatable bonds is 3. The molecule has 0 aliphatic heterocycles. The van der Waals surface area contributed by atoms with Crippen molar-refractivity contribution in [3.8, 4) is 5.69 Å². The molecule has 0 saturated heterocycles. The largest absolute Gasteiger partial charge is 0.271 e. The van der Waals surface area contributed by atoms with Crippen LogP contribution >= 0.6 is 0 Å². The fourth-order valence-corrected chi connectivity index (χ4v) is 2.92. The lowest BCUT2D eigenvalue weighted by molar-refractivity contribution is 0.0846. The summed E-state index contributed by atoms with van der Waals surface area (Å²) in [5.41, 5.74) is 8.84. The molecular formula is C20H17N7O2. The van der Waals surface area contributed by atoms with Gasteiger partial charge in [-0.2, -0.15) is 0 Å². The van der Waals surface area contributed by atoms with Gasteiger partial charge < -0.3 is 0 Å². The highest BCUT2D eigenvalue weighted by Crippen LogP contribution is 2.18. The van der Waals surface area contributed by atoms with E-state index >= 15 is 0 Å². The SMILES string of the molecule is Cc1ccc2nc(C)c(C(=O)NNC(=O)c3ccc(-n4cnnn4)cc3)cc2c1. The molecule has 9 heteroatoms. The second kappa shape index (κ2) is 7.47. The van der Waals surface area contributed by atoms with Crippen LogP contribution in [-0.4, -0.2) is 37.0 Å². The lowest BCUT2D eigenvalue weighted by Gasteiger charge is -2.10. The molecule has 0 spiro atoms. The average molecular weight is 387 g/mol. The lowest BCUT2D eigenvalue weighted by atomic mass is 10.1. The highest BCUT2D eigenvalue weighted by molar-refractivity contribution is 6.01. The average Bonchev–Trinajstić information content (AvgIpc) is 3.26. The molecule has 2 aromatic carbocycles. The van der Waals surface area contributed by atoms with Gasteiger partial charge in [0.25, 0.3) is 11.8 Å². The Balaban J connectivity index is 1.46. The molecule has 0 bridgehead atoms. The monoisotopic (exact) mass is 387 g/mol. The molecule has 2 heterocycles. The minimum absolute atomic E-state index is 0.381. The molecule has 4 rings (SSSR count). The van der Waals surface area contributed by atoms with Crippen LogP contribution in [0.2, 0.25) is 0 Å². The van der Waals surface area contributed by atoms with Crippen molar-refractivity contribution in [1.82, 2.24) is 36.0 Å². The molecule has 9 nitrogen and oxygen atoms in total. The summed E-state index contributed by atoms with van der Waals surface area (Å²) >= 11 is 0. The predicted molar refractivity (Wildman–Crippen MR) is 105 cm³/mol. The Morgan fingerprint density at radius 1 is 0.931 bits per heavy atom. The molecule has 2 aromatic heterocycles. The normalized spacial score (nSPS) is 10.7. The second-order valence-electron chi connectivity index (χ2n) is 6.53. The minimum Gasteiger partial charge on any atom is -0.267 e. The summed E-state index contributed by atoms with van der Waals surface area (Å²) in [6.07, 6.45) is 1.46. The maximum atomic E-state index is 12.5. The maximum Gasteiger partial charge on any atom is 0.271 e. The Bertz CT molecular complexity index is 1200. The van der Waals surface area contributed by atoms with Crippen LogP contribution in [0.25, 0.3) is 16.6 Å². The van der Waals surface area contributed by atoms with Gasteiger partial charge >= 0.3 is 0 Å². The molecule has 0 unspecified atom stereocenters. The van der Waals surface area contributed by atoms with Crippen molar-refractivity contribution in [3.05, 3.63) is 77.2 Å². The van der Waals surface area contributed by atoms with Crippen molar-refractivity contribution in [2.24, 2.45) is 0 Å². The van der Waals surface area contributed by atoms with E-state index in [1.165, 1.54) is 11.0 Å². The zero-order chi connectivity index (χ0) is 20.4. The Morgan fingerprint density at radius 3 is 2.41 bits per heavy atom. The summed E-state index contributed by atoms with van der Waals surface area (Å²) in [7, 11) is 0. The van der Waals surface area contributed by atoms with Crippen molar-refractivity contribution in [2.75, 3.05) is 0 Å². The van der Waals surface area contributed by atoms with Gasteiger partial charge in [0.1, 0.15) is 6.33 Å². The van der Waals surface area contributed by atoms with E-state index in [0.29, 0.717) is 22.5 Å². The van der Waals surface area contributed by atoms with Crippen LogP contribution in [0, 0.1) is 13.8 Å². The smallest absolute Gasteiger partial charge is 0.267 e. The van der Waals surface area contributed by atoms with E-state index in [4.69, 9.17) is 0 Å². The first-order valence-electron chi connectivity index (χ1n) is 8.83. The van der Waals surface area contributed by atoms with Crippen LogP contribution in [0.15, 0.2) is 54.9 Å². The number of amides is 2. The lowest BCUT2D eigenvalue weighted by Crippen LogP contribution is -2.41. The highest BCUT2D eigenvalue weighted by Gasteiger charge is 2.13. The zero-order valence-electron chi connectivity index (χ0n) is 15.7. The number of aromatic nitrogens is 5. The summed E-state index contributed by atoms with van der Waals surface area (Å²) in [6.45, 7) is 3.73. The van der Waals surface area contributed by atoms with E-state index in [1.54, 1.807) is 37.3 Å². The first-order chi connectivity index (χ1) is 14.0. The van der Waals surface area contributed by atoms with Crippen LogP contribution in [0.5, 0.6) is 0 Å². The van der Waals surface area contributed by atoms with Gasteiger partial charge in [0.15, 0.2) is 0 Å². The number of hydrogen-bond donors (Lipinski definition) is 2. The maximum absolute atomic E-state index is 12.5. The molecule has 0 aliphatic carbocycles. The Kier molecular flexibility index (Phi) is 4.70. The number of fused-ring (bicyclic) bond motifs is 1. The van der Waals surface area contributed by atoms with Crippen LogP contribution in [-0.2, 0) is 0 Å². The van der Waals surface area contributed by atoms with Crippen LogP contribution < -0.4 is 10.9 Å². The van der Waals surface area contributed by atoms with Gasteiger partial charge in [-0.15, -0.1) is 5.10 Å². The van der Waals surface area contributed by atoms with Crippen LogP contribution in [0.1, 0.15) is 32.0 Å². The molecule has 29 heavy (non-hydrogen) atoms. The summed E-state index contributed by atoms with van der Waals surface area (Å²) < 4.78 is 1.47. The van der Waals surface area contributed by atoms with Crippen molar-refractivity contribution in [2.45, 2.75) is 13.8 Å². The number of carbonyl (C=O) groups excluding carboxylic acids is 2. The van der Waals surface area contributed by atoms with Gasteiger partial charge in [-0.25, -0.2) is 4.68 Å². The first-order valence-corrected chi connectivity index (χ1v) is 8.83. The summed E-state index contributed by atoms with van der Waals surface area (Å²) in [5.74, 6) is -0.874. The number of aryl methyl sites for hydroxylation is 2. The van der Waals surface area contributed by atoms with E-state index in [0.717, 1.165) is 16.5 Å². The van der Waals surface area contributed by atoms with Crippen molar-refractivity contribution in [1.29, 1.82) is 0 Å². The summed E-state index contributed by atoms with van der Waals surface area (Å²) in [6, 6.07) is 14.3. The predicted octanol–water partition coefficient (Wildman–Crippen LogP) is 1.90. The Morgan fingerprint density at radius 2 is 1.69 bits per heavy atom. The number of carbonyl (C=O) groups is 2. The standard InChI is InChI=1S/C20H17N7O2/c1-12-3-8-18-15(9-12)10-17(13(2)22-18)20(29)24-23-19(28)14-4-6-16(7-5-14)27-11-21-25-26-27/h3-11H,1-2H3,(H,23,28)(H,24,29). The van der Waals surface area contributed by atoms with E-state index < -0.39 is 11.8 Å². The number of nitrogens with one attached hydrogen (secondary N) is 2. The minimum atomic E-state index is -0.441.